The summed E-state index contributed by atoms with van der Waals surface area (Å²) in [7, 11) is -3.61. The summed E-state index contributed by atoms with van der Waals surface area (Å²) in [4.78, 5) is 0. The number of aliphatic hydroxyl groups is 1. The average Bonchev–Trinajstić information content (AvgIpc) is 2.55. The lowest BCUT2D eigenvalue weighted by Gasteiger charge is -2.50. The second kappa shape index (κ2) is 6.56. The van der Waals surface area contributed by atoms with Crippen LogP contribution in [0.25, 0.3) is 11.1 Å². The van der Waals surface area contributed by atoms with Crippen LogP contribution in [0.3, 0.4) is 0 Å². The van der Waals surface area contributed by atoms with Crippen molar-refractivity contribution in [1.29, 1.82) is 5.26 Å². The Hall–Kier alpha value is -2.27. The third kappa shape index (κ3) is 3.04. The largest absolute Gasteiger partial charge is 0.395 e. The molecule has 25 heavy (non-hydrogen) atoms. The zero-order valence-electron chi connectivity index (χ0n) is 13.5. The molecule has 1 heterocycles. The molecule has 1 aliphatic heterocycles. The van der Waals surface area contributed by atoms with Gasteiger partial charge in [0.25, 0.3) is 0 Å². The first-order valence-corrected chi connectivity index (χ1v) is 9.57. The van der Waals surface area contributed by atoms with E-state index in [0.29, 0.717) is 0 Å². The highest BCUT2D eigenvalue weighted by molar-refractivity contribution is 7.88. The molecule has 0 bridgehead atoms. The molecule has 1 saturated heterocycles. The molecule has 1 aliphatic rings. The molecule has 7 heteroatoms. The van der Waals surface area contributed by atoms with Gasteiger partial charge in [-0.05, 0) is 28.8 Å². The fourth-order valence-electron chi connectivity index (χ4n) is 3.47. The van der Waals surface area contributed by atoms with Crippen molar-refractivity contribution < 1.29 is 17.9 Å². The minimum absolute atomic E-state index is 0.351. The smallest absolute Gasteiger partial charge is 0.212 e. The second-order valence-corrected chi connectivity index (χ2v) is 7.92. The van der Waals surface area contributed by atoms with Gasteiger partial charge in [-0.15, -0.1) is 0 Å². The Morgan fingerprint density at radius 3 is 2.40 bits per heavy atom. The molecule has 0 spiro atoms. The highest BCUT2D eigenvalue weighted by Gasteiger charge is 2.54. The number of hydrogen-bond donors (Lipinski definition) is 1. The summed E-state index contributed by atoms with van der Waals surface area (Å²) in [6.45, 7) is -0.381. The van der Waals surface area contributed by atoms with Gasteiger partial charge >= 0.3 is 0 Å². The highest BCUT2D eigenvalue weighted by atomic mass is 32.2. The number of rotatable bonds is 4. The van der Waals surface area contributed by atoms with Gasteiger partial charge in [-0.1, -0.05) is 36.4 Å². The van der Waals surface area contributed by atoms with E-state index in [4.69, 9.17) is 0 Å². The molecule has 2 aromatic rings. The van der Waals surface area contributed by atoms with E-state index in [1.165, 1.54) is 12.1 Å². The molecule has 3 atom stereocenters. The molecule has 3 rings (SSSR count). The van der Waals surface area contributed by atoms with Gasteiger partial charge in [0.2, 0.25) is 10.0 Å². The summed E-state index contributed by atoms with van der Waals surface area (Å²) in [5.41, 5.74) is 2.32. The van der Waals surface area contributed by atoms with Crippen LogP contribution in [-0.2, 0) is 10.0 Å². The van der Waals surface area contributed by atoms with Crippen molar-refractivity contribution in [1.82, 2.24) is 4.31 Å². The fourth-order valence-corrected chi connectivity index (χ4v) is 4.75. The van der Waals surface area contributed by atoms with Crippen molar-refractivity contribution in [2.24, 2.45) is 0 Å². The summed E-state index contributed by atoms with van der Waals surface area (Å²) in [6.07, 6.45) is 1.03. The first-order chi connectivity index (χ1) is 11.9. The topological polar surface area (TPSA) is 81.4 Å². The van der Waals surface area contributed by atoms with Gasteiger partial charge in [0.05, 0.1) is 25.0 Å². The van der Waals surface area contributed by atoms with Crippen LogP contribution < -0.4 is 0 Å². The molecule has 0 saturated carbocycles. The van der Waals surface area contributed by atoms with Gasteiger partial charge in [0.15, 0.2) is 0 Å². The Labute approximate surface area is 146 Å². The van der Waals surface area contributed by atoms with E-state index in [0.717, 1.165) is 27.3 Å². The second-order valence-electron chi connectivity index (χ2n) is 6.04. The van der Waals surface area contributed by atoms with Gasteiger partial charge in [-0.2, -0.15) is 9.57 Å². The van der Waals surface area contributed by atoms with Crippen LogP contribution in [0.4, 0.5) is 4.39 Å². The number of benzene rings is 2. The molecule has 1 fully saturated rings. The van der Waals surface area contributed by atoms with E-state index in [-0.39, 0.29) is 12.4 Å². The monoisotopic (exact) mass is 360 g/mol. The Bertz CT molecular complexity index is 922. The van der Waals surface area contributed by atoms with Crippen molar-refractivity contribution >= 4 is 10.0 Å². The van der Waals surface area contributed by atoms with Crippen molar-refractivity contribution in [3.63, 3.8) is 0 Å². The molecule has 0 aliphatic carbocycles. The Morgan fingerprint density at radius 1 is 1.20 bits per heavy atom. The molecule has 0 radical (unpaired) electrons. The zero-order valence-corrected chi connectivity index (χ0v) is 14.3. The predicted octanol–water partition coefficient (Wildman–Crippen LogP) is 2.10. The van der Waals surface area contributed by atoms with E-state index in [9.17, 15) is 23.2 Å². The zero-order chi connectivity index (χ0) is 18.2. The van der Waals surface area contributed by atoms with Crippen LogP contribution in [0.15, 0.2) is 48.5 Å². The molecule has 130 valence electrons. The Kier molecular flexibility index (Phi) is 4.60. The van der Waals surface area contributed by atoms with Crippen LogP contribution in [0.5, 0.6) is 0 Å². The summed E-state index contributed by atoms with van der Waals surface area (Å²) < 4.78 is 38.1. The number of aliphatic hydroxyl groups excluding tert-OH is 1. The third-order valence-electron chi connectivity index (χ3n) is 4.53. The van der Waals surface area contributed by atoms with Gasteiger partial charge < -0.3 is 5.11 Å². The number of nitrogens with zero attached hydrogens (tertiary/aromatic N) is 2. The van der Waals surface area contributed by atoms with E-state index in [1.807, 2.05) is 24.3 Å². The SMILES string of the molecule is CS(=O)(=O)N1[C@H](C#N)[C@@H](c2ccccc2-c2ccc(F)cc2)[C@@H]1CO. The van der Waals surface area contributed by atoms with E-state index in [1.54, 1.807) is 18.2 Å². The third-order valence-corrected chi connectivity index (χ3v) is 5.80. The highest BCUT2D eigenvalue weighted by Crippen LogP contribution is 2.45. The quantitative estimate of drug-likeness (QED) is 0.905. The molecule has 0 aromatic heterocycles. The lowest BCUT2D eigenvalue weighted by atomic mass is 9.75. The number of sulfonamides is 1. The van der Waals surface area contributed by atoms with Crippen LogP contribution >= 0.6 is 0 Å². The molecular formula is C18H17FN2O3S. The van der Waals surface area contributed by atoms with E-state index >= 15 is 0 Å². The van der Waals surface area contributed by atoms with E-state index in [2.05, 4.69) is 0 Å². The van der Waals surface area contributed by atoms with Crippen molar-refractivity contribution in [3.8, 4) is 17.2 Å². The van der Waals surface area contributed by atoms with Gasteiger partial charge in [0.1, 0.15) is 11.9 Å². The van der Waals surface area contributed by atoms with Crippen molar-refractivity contribution in [2.45, 2.75) is 18.0 Å². The number of hydrogen-bond acceptors (Lipinski definition) is 4. The summed E-state index contributed by atoms with van der Waals surface area (Å²) in [5, 5.41) is 19.2. The van der Waals surface area contributed by atoms with Gasteiger partial charge in [-0.25, -0.2) is 12.8 Å². The molecule has 5 nitrogen and oxygen atoms in total. The van der Waals surface area contributed by atoms with Crippen LogP contribution in [0.1, 0.15) is 11.5 Å². The molecular weight excluding hydrogens is 343 g/mol. The minimum Gasteiger partial charge on any atom is -0.395 e. The van der Waals surface area contributed by atoms with Crippen molar-refractivity contribution in [3.05, 3.63) is 59.9 Å². The Balaban J connectivity index is 2.08. The number of halogens is 1. The maximum absolute atomic E-state index is 13.2. The average molecular weight is 360 g/mol. The van der Waals surface area contributed by atoms with Crippen LogP contribution in [-0.4, -0.2) is 42.8 Å². The molecule has 0 unspecified atom stereocenters. The molecule has 2 aromatic carbocycles. The summed E-state index contributed by atoms with van der Waals surface area (Å²) >= 11 is 0. The molecule has 1 N–H and O–H groups in total. The van der Waals surface area contributed by atoms with Crippen LogP contribution in [0.2, 0.25) is 0 Å². The lowest BCUT2D eigenvalue weighted by Crippen LogP contribution is -2.64. The lowest BCUT2D eigenvalue weighted by molar-refractivity contribution is 0.0566. The van der Waals surface area contributed by atoms with Crippen LogP contribution in [0, 0.1) is 17.1 Å². The maximum Gasteiger partial charge on any atom is 0.212 e. The van der Waals surface area contributed by atoms with Crippen molar-refractivity contribution in [2.75, 3.05) is 12.9 Å². The predicted molar refractivity (Wildman–Crippen MR) is 91.5 cm³/mol. The minimum atomic E-state index is -3.61. The standard InChI is InChI=1S/C18H17FN2O3S/c1-25(23,24)21-16(10-20)18(17(21)11-22)15-5-3-2-4-14(15)12-6-8-13(19)9-7-12/h2-9,16-18,22H,11H2,1H3/t16-,17+,18-/m1/s1. The van der Waals surface area contributed by atoms with Gasteiger partial charge in [0, 0.05) is 5.92 Å². The first-order valence-electron chi connectivity index (χ1n) is 7.72. The normalized spacial score (nSPS) is 23.7. The van der Waals surface area contributed by atoms with Gasteiger partial charge in [-0.3, -0.25) is 0 Å². The van der Waals surface area contributed by atoms with E-state index < -0.39 is 28.0 Å². The Morgan fingerprint density at radius 2 is 1.84 bits per heavy atom. The summed E-state index contributed by atoms with van der Waals surface area (Å²) in [5.74, 6) is -0.803. The fraction of sp³-hybridized carbons (Fsp3) is 0.278. The first kappa shape index (κ1) is 17.5. The maximum atomic E-state index is 13.2. The summed E-state index contributed by atoms with van der Waals surface area (Å²) in [6, 6.07) is 13.7. The number of nitriles is 1. The molecule has 0 amide bonds.